The Labute approximate surface area is 153 Å². The van der Waals surface area contributed by atoms with E-state index in [1.54, 1.807) is 0 Å². The van der Waals surface area contributed by atoms with E-state index in [9.17, 15) is 4.79 Å². The Morgan fingerprint density at radius 1 is 0.739 bits per heavy atom. The summed E-state index contributed by atoms with van der Waals surface area (Å²) in [4.78, 5) is 11.3. The van der Waals surface area contributed by atoms with Gasteiger partial charge >= 0.3 is 5.97 Å². The average molecular weight is 391 g/mol. The van der Waals surface area contributed by atoms with Crippen molar-refractivity contribution in [2.75, 3.05) is 0 Å². The van der Waals surface area contributed by atoms with E-state index >= 15 is 0 Å². The zero-order chi connectivity index (χ0) is 17.2. The Kier molecular flexibility index (Phi) is 18.3. The van der Waals surface area contributed by atoms with Crippen molar-refractivity contribution in [2.45, 2.75) is 122 Å². The lowest BCUT2D eigenvalue weighted by Gasteiger charge is -2.06. The molecule has 0 amide bonds. The number of unbranched alkanes of at least 4 members (excludes halogenated alkanes) is 14. The Morgan fingerprint density at radius 2 is 1.09 bits per heavy atom. The first-order valence-corrected chi connectivity index (χ1v) is 10.9. The highest BCUT2D eigenvalue weighted by molar-refractivity contribution is 9.09. The van der Waals surface area contributed by atoms with Crippen molar-refractivity contribution in [3.8, 4) is 0 Å². The van der Waals surface area contributed by atoms with Crippen LogP contribution in [0.1, 0.15) is 117 Å². The van der Waals surface area contributed by atoms with Crippen molar-refractivity contribution >= 4 is 21.9 Å². The topological polar surface area (TPSA) is 26.3 Å². The fourth-order valence-electron chi connectivity index (χ4n) is 2.88. The van der Waals surface area contributed by atoms with Gasteiger partial charge in [0.25, 0.3) is 0 Å². The number of hydrogen-bond donors (Lipinski definition) is 0. The highest BCUT2D eigenvalue weighted by atomic mass is 79.9. The molecule has 0 saturated heterocycles. The third kappa shape index (κ3) is 19.9. The van der Waals surface area contributed by atoms with Crippen LogP contribution >= 0.6 is 15.9 Å². The summed E-state index contributed by atoms with van der Waals surface area (Å²) in [5.41, 5.74) is 0. The highest BCUT2D eigenvalue weighted by Crippen LogP contribution is 2.14. The summed E-state index contributed by atoms with van der Waals surface area (Å²) in [6.07, 6.45) is 20.8. The first-order chi connectivity index (χ1) is 11.2. The predicted octanol–water partition coefficient (Wildman–Crippen LogP) is 7.53. The molecule has 0 bridgehead atoms. The number of hydrogen-bond acceptors (Lipinski definition) is 2. The lowest BCUT2D eigenvalue weighted by molar-refractivity contribution is -0.144. The van der Waals surface area contributed by atoms with Crippen LogP contribution in [0.25, 0.3) is 0 Å². The molecule has 0 rings (SSSR count). The van der Waals surface area contributed by atoms with Gasteiger partial charge in [-0.15, -0.1) is 0 Å². The van der Waals surface area contributed by atoms with Gasteiger partial charge in [0.1, 0.15) is 0 Å². The summed E-state index contributed by atoms with van der Waals surface area (Å²) in [7, 11) is 0. The fourth-order valence-corrected chi connectivity index (χ4v) is 3.09. The van der Waals surface area contributed by atoms with Crippen molar-refractivity contribution < 1.29 is 9.53 Å². The number of alkyl halides is 1. The second-order valence-corrected chi connectivity index (χ2v) is 8.02. The quantitative estimate of drug-likeness (QED) is 0.145. The van der Waals surface area contributed by atoms with Crippen LogP contribution < -0.4 is 0 Å². The predicted molar refractivity (Wildman–Crippen MR) is 104 cm³/mol. The monoisotopic (exact) mass is 390 g/mol. The maximum atomic E-state index is 11.3. The van der Waals surface area contributed by atoms with E-state index in [4.69, 9.17) is 4.74 Å². The first kappa shape index (κ1) is 22.9. The van der Waals surface area contributed by atoms with Gasteiger partial charge in [-0.05, 0) is 29.3 Å². The molecule has 0 aromatic rings. The van der Waals surface area contributed by atoms with Crippen molar-refractivity contribution in [1.82, 2.24) is 0 Å². The molecule has 0 aliphatic carbocycles. The maximum Gasteiger partial charge on any atom is 0.306 e. The Hall–Kier alpha value is -0.0500. The molecule has 0 aromatic carbocycles. The van der Waals surface area contributed by atoms with E-state index in [1.165, 1.54) is 83.5 Å². The zero-order valence-electron chi connectivity index (χ0n) is 15.6. The van der Waals surface area contributed by atoms with E-state index in [0.29, 0.717) is 6.42 Å². The zero-order valence-corrected chi connectivity index (χ0v) is 17.2. The minimum Gasteiger partial charge on any atom is -0.451 e. The van der Waals surface area contributed by atoms with Crippen LogP contribution in [0.3, 0.4) is 0 Å². The standard InChI is InChI=1S/C20H39BrO2/c1-3-4-5-6-7-8-9-10-11-12-13-14-15-16-17-18-20(22)23-19(2)21/h19H,3-18H2,1-2H3. The largest absolute Gasteiger partial charge is 0.451 e. The second-order valence-electron chi connectivity index (χ2n) is 6.73. The molecule has 23 heavy (non-hydrogen) atoms. The van der Waals surface area contributed by atoms with Gasteiger partial charge in [0.15, 0.2) is 5.01 Å². The van der Waals surface area contributed by atoms with Crippen LogP contribution in [0.2, 0.25) is 0 Å². The molecule has 0 heterocycles. The summed E-state index contributed by atoms with van der Waals surface area (Å²) < 4.78 is 5.05. The van der Waals surface area contributed by atoms with E-state index in [-0.39, 0.29) is 11.0 Å². The van der Waals surface area contributed by atoms with Gasteiger partial charge < -0.3 is 4.74 Å². The summed E-state index contributed by atoms with van der Waals surface area (Å²) in [5, 5.41) is -0.161. The van der Waals surface area contributed by atoms with Gasteiger partial charge in [-0.25, -0.2) is 0 Å². The molecule has 0 aliphatic rings. The molecule has 0 aliphatic heterocycles. The number of rotatable bonds is 17. The van der Waals surface area contributed by atoms with Gasteiger partial charge in [-0.1, -0.05) is 96.8 Å². The highest BCUT2D eigenvalue weighted by Gasteiger charge is 2.05. The van der Waals surface area contributed by atoms with Gasteiger partial charge in [-0.2, -0.15) is 0 Å². The lowest BCUT2D eigenvalue weighted by Crippen LogP contribution is -2.08. The third-order valence-corrected chi connectivity index (χ3v) is 4.47. The number of halogens is 1. The van der Waals surface area contributed by atoms with Crippen LogP contribution in [0, 0.1) is 0 Å². The molecule has 0 N–H and O–H groups in total. The second kappa shape index (κ2) is 18.3. The molecular weight excluding hydrogens is 352 g/mol. The smallest absolute Gasteiger partial charge is 0.306 e. The molecule has 1 unspecified atom stereocenters. The van der Waals surface area contributed by atoms with Gasteiger partial charge in [0, 0.05) is 6.42 Å². The van der Waals surface area contributed by atoms with E-state index in [1.807, 2.05) is 6.92 Å². The molecule has 1 atom stereocenters. The van der Waals surface area contributed by atoms with E-state index < -0.39 is 0 Å². The number of carbonyl (C=O) groups is 1. The van der Waals surface area contributed by atoms with Crippen LogP contribution in [-0.2, 0) is 9.53 Å². The molecule has 0 aromatic heterocycles. The average Bonchev–Trinajstić information content (AvgIpc) is 2.50. The van der Waals surface area contributed by atoms with Crippen molar-refractivity contribution in [3.05, 3.63) is 0 Å². The summed E-state index contributed by atoms with van der Waals surface area (Å²) in [5.74, 6) is -0.0796. The van der Waals surface area contributed by atoms with Crippen LogP contribution in [0.5, 0.6) is 0 Å². The molecule has 2 nitrogen and oxygen atoms in total. The van der Waals surface area contributed by atoms with Gasteiger partial charge in [0.05, 0.1) is 0 Å². The van der Waals surface area contributed by atoms with Crippen LogP contribution in [0.4, 0.5) is 0 Å². The number of ether oxygens (including phenoxy) is 1. The van der Waals surface area contributed by atoms with Crippen molar-refractivity contribution in [2.24, 2.45) is 0 Å². The van der Waals surface area contributed by atoms with Crippen LogP contribution in [-0.4, -0.2) is 11.0 Å². The van der Waals surface area contributed by atoms with E-state index in [0.717, 1.165) is 12.8 Å². The summed E-state index contributed by atoms with van der Waals surface area (Å²) in [6.45, 7) is 4.10. The lowest BCUT2D eigenvalue weighted by atomic mass is 10.0. The summed E-state index contributed by atoms with van der Waals surface area (Å²) >= 11 is 3.22. The normalized spacial score (nSPS) is 12.3. The number of carbonyl (C=O) groups excluding carboxylic acids is 1. The third-order valence-electron chi connectivity index (χ3n) is 4.28. The molecule has 0 radical (unpaired) electrons. The minimum atomic E-state index is -0.161. The van der Waals surface area contributed by atoms with Gasteiger partial charge in [-0.3, -0.25) is 4.79 Å². The minimum absolute atomic E-state index is 0.0796. The van der Waals surface area contributed by atoms with Crippen molar-refractivity contribution in [3.63, 3.8) is 0 Å². The SMILES string of the molecule is CCCCCCCCCCCCCCCCCC(=O)OC(C)Br. The molecule has 3 heteroatoms. The fraction of sp³-hybridized carbons (Fsp3) is 0.950. The molecule has 0 spiro atoms. The van der Waals surface area contributed by atoms with Gasteiger partial charge in [0.2, 0.25) is 0 Å². The first-order valence-electron chi connectivity index (χ1n) is 10.0. The van der Waals surface area contributed by atoms with Crippen molar-refractivity contribution in [1.29, 1.82) is 0 Å². The molecule has 0 fully saturated rings. The van der Waals surface area contributed by atoms with E-state index in [2.05, 4.69) is 22.9 Å². The Bertz CT molecular complexity index is 254. The molecule has 138 valence electrons. The molecule has 0 saturated carbocycles. The van der Waals surface area contributed by atoms with Crippen LogP contribution in [0.15, 0.2) is 0 Å². The Morgan fingerprint density at radius 3 is 1.43 bits per heavy atom. The molecular formula is C20H39BrO2. The summed E-state index contributed by atoms with van der Waals surface area (Å²) in [6, 6.07) is 0. The number of esters is 1. The maximum absolute atomic E-state index is 11.3. The Balaban J connectivity index is 3.06.